The minimum atomic E-state index is -0.439. The summed E-state index contributed by atoms with van der Waals surface area (Å²) in [6.45, 7) is 1.99. The van der Waals surface area contributed by atoms with Crippen LogP contribution >= 0.6 is 0 Å². The summed E-state index contributed by atoms with van der Waals surface area (Å²) < 4.78 is 0. The predicted octanol–water partition coefficient (Wildman–Crippen LogP) is 1.20. The number of nitro benzene ring substituents is 1. The summed E-state index contributed by atoms with van der Waals surface area (Å²) in [4.78, 5) is 36.4. The van der Waals surface area contributed by atoms with Crippen molar-refractivity contribution in [2.24, 2.45) is 0 Å². The molecule has 8 heteroatoms. The number of carbonyl (C=O) groups is 2. The summed E-state index contributed by atoms with van der Waals surface area (Å²) in [5.74, 6) is -0.377. The van der Waals surface area contributed by atoms with Gasteiger partial charge < -0.3 is 15.5 Å². The lowest BCUT2D eigenvalue weighted by Gasteiger charge is -2.23. The van der Waals surface area contributed by atoms with Gasteiger partial charge in [0.1, 0.15) is 5.69 Å². The van der Waals surface area contributed by atoms with Crippen molar-refractivity contribution >= 4 is 23.2 Å². The average Bonchev–Trinajstić information content (AvgIpc) is 3.10. The molecular weight excluding hydrogens is 312 g/mol. The number of hydrogen-bond acceptors (Lipinski definition) is 5. The van der Waals surface area contributed by atoms with Crippen LogP contribution in [0.15, 0.2) is 18.2 Å². The van der Waals surface area contributed by atoms with Crippen LogP contribution < -0.4 is 15.5 Å². The molecule has 2 fully saturated rings. The molecule has 0 bridgehead atoms. The molecule has 0 spiro atoms. The number of carbonyl (C=O) groups excluding carboxylic acids is 2. The first-order valence-corrected chi connectivity index (χ1v) is 8.15. The van der Waals surface area contributed by atoms with Crippen LogP contribution in [0.4, 0.5) is 11.4 Å². The zero-order valence-corrected chi connectivity index (χ0v) is 13.3. The lowest BCUT2D eigenvalue weighted by Crippen LogP contribution is -2.47. The molecule has 0 aromatic heterocycles. The molecule has 2 heterocycles. The largest absolute Gasteiger partial charge is 0.366 e. The topological polar surface area (TPSA) is 105 Å². The fourth-order valence-corrected chi connectivity index (χ4v) is 3.16. The van der Waals surface area contributed by atoms with Crippen LogP contribution in [0.2, 0.25) is 0 Å². The Balaban J connectivity index is 1.75. The van der Waals surface area contributed by atoms with E-state index < -0.39 is 4.92 Å². The Bertz CT molecular complexity index is 660. The molecule has 2 saturated heterocycles. The van der Waals surface area contributed by atoms with Gasteiger partial charge in [-0.25, -0.2) is 0 Å². The Morgan fingerprint density at radius 3 is 2.71 bits per heavy atom. The van der Waals surface area contributed by atoms with E-state index in [9.17, 15) is 19.7 Å². The average molecular weight is 332 g/mol. The van der Waals surface area contributed by atoms with Crippen LogP contribution in [-0.2, 0) is 4.79 Å². The van der Waals surface area contributed by atoms with Crippen molar-refractivity contribution in [2.75, 3.05) is 24.5 Å². The van der Waals surface area contributed by atoms with Crippen molar-refractivity contribution < 1.29 is 14.5 Å². The number of amides is 2. The summed E-state index contributed by atoms with van der Waals surface area (Å²) in [6.07, 6.45) is 2.99. The zero-order chi connectivity index (χ0) is 17.1. The molecule has 2 aliphatic heterocycles. The van der Waals surface area contributed by atoms with E-state index in [0.717, 1.165) is 25.9 Å². The first-order valence-electron chi connectivity index (χ1n) is 8.15. The van der Waals surface area contributed by atoms with Crippen molar-refractivity contribution in [1.29, 1.82) is 0 Å². The molecule has 2 N–H and O–H groups in total. The molecule has 0 radical (unpaired) electrons. The normalized spacial score (nSPS) is 20.6. The van der Waals surface area contributed by atoms with Gasteiger partial charge in [-0.1, -0.05) is 0 Å². The lowest BCUT2D eigenvalue weighted by atomic mass is 10.1. The molecule has 2 aliphatic rings. The van der Waals surface area contributed by atoms with Gasteiger partial charge in [-0.15, -0.1) is 0 Å². The lowest BCUT2D eigenvalue weighted by molar-refractivity contribution is -0.384. The van der Waals surface area contributed by atoms with Gasteiger partial charge in [-0.3, -0.25) is 19.7 Å². The summed E-state index contributed by atoms with van der Waals surface area (Å²) in [5.41, 5.74) is 0.794. The molecule has 0 saturated carbocycles. The number of rotatable bonds is 4. The number of nitrogens with one attached hydrogen (secondary N) is 2. The first-order chi connectivity index (χ1) is 11.5. The maximum atomic E-state index is 12.3. The van der Waals surface area contributed by atoms with E-state index in [1.165, 1.54) is 6.07 Å². The molecule has 1 unspecified atom stereocenters. The van der Waals surface area contributed by atoms with Crippen LogP contribution in [0.25, 0.3) is 0 Å². The highest BCUT2D eigenvalue weighted by atomic mass is 16.6. The molecule has 1 atom stereocenters. The standard InChI is InChI=1S/C16H20N4O4/c21-15-6-4-12(10-17-15)18-16(22)11-3-5-13(14(9-11)20(23)24)19-7-1-2-8-19/h3,5,9,12H,1-2,4,6-8,10H2,(H,17,21)(H,18,22). The van der Waals surface area contributed by atoms with E-state index in [2.05, 4.69) is 10.6 Å². The zero-order valence-electron chi connectivity index (χ0n) is 13.3. The van der Waals surface area contributed by atoms with Crippen molar-refractivity contribution in [2.45, 2.75) is 31.7 Å². The van der Waals surface area contributed by atoms with Gasteiger partial charge in [0.2, 0.25) is 5.91 Å². The smallest absolute Gasteiger partial charge is 0.293 e. The van der Waals surface area contributed by atoms with Crippen LogP contribution in [0.5, 0.6) is 0 Å². The van der Waals surface area contributed by atoms with Gasteiger partial charge in [0.15, 0.2) is 0 Å². The molecule has 2 amide bonds. The van der Waals surface area contributed by atoms with Gasteiger partial charge in [-0.05, 0) is 31.4 Å². The Morgan fingerprint density at radius 1 is 1.33 bits per heavy atom. The summed E-state index contributed by atoms with van der Waals surface area (Å²) in [5, 5.41) is 16.9. The van der Waals surface area contributed by atoms with Crippen LogP contribution in [0.1, 0.15) is 36.0 Å². The molecule has 3 rings (SSSR count). The van der Waals surface area contributed by atoms with Gasteiger partial charge in [0.25, 0.3) is 11.6 Å². The van der Waals surface area contributed by atoms with Crippen molar-refractivity contribution in [3.05, 3.63) is 33.9 Å². The van der Waals surface area contributed by atoms with Crippen LogP contribution in [0.3, 0.4) is 0 Å². The monoisotopic (exact) mass is 332 g/mol. The number of piperidine rings is 1. The van der Waals surface area contributed by atoms with E-state index in [1.807, 2.05) is 4.90 Å². The van der Waals surface area contributed by atoms with Gasteiger partial charge in [-0.2, -0.15) is 0 Å². The van der Waals surface area contributed by atoms with E-state index in [-0.39, 0.29) is 29.1 Å². The second kappa shape index (κ2) is 6.86. The second-order valence-corrected chi connectivity index (χ2v) is 6.17. The van der Waals surface area contributed by atoms with Crippen LogP contribution in [-0.4, -0.2) is 42.4 Å². The highest BCUT2D eigenvalue weighted by molar-refractivity contribution is 5.96. The van der Waals surface area contributed by atoms with E-state index in [4.69, 9.17) is 0 Å². The van der Waals surface area contributed by atoms with E-state index in [1.54, 1.807) is 12.1 Å². The number of nitro groups is 1. The highest BCUT2D eigenvalue weighted by Gasteiger charge is 2.25. The number of nitrogens with zero attached hydrogens (tertiary/aromatic N) is 2. The maximum Gasteiger partial charge on any atom is 0.293 e. The number of benzene rings is 1. The van der Waals surface area contributed by atoms with Crippen molar-refractivity contribution in [3.63, 3.8) is 0 Å². The minimum Gasteiger partial charge on any atom is -0.366 e. The maximum absolute atomic E-state index is 12.3. The Labute approximate surface area is 139 Å². The van der Waals surface area contributed by atoms with Crippen LogP contribution in [0, 0.1) is 10.1 Å². The third-order valence-electron chi connectivity index (χ3n) is 4.48. The Hall–Kier alpha value is -2.64. The summed E-state index contributed by atoms with van der Waals surface area (Å²) in [7, 11) is 0. The fourth-order valence-electron chi connectivity index (χ4n) is 3.16. The minimum absolute atomic E-state index is 0.0221. The fraction of sp³-hybridized carbons (Fsp3) is 0.500. The second-order valence-electron chi connectivity index (χ2n) is 6.17. The summed E-state index contributed by atoms with van der Waals surface area (Å²) >= 11 is 0. The van der Waals surface area contributed by atoms with E-state index in [0.29, 0.717) is 25.1 Å². The molecule has 24 heavy (non-hydrogen) atoms. The molecule has 1 aromatic rings. The number of anilines is 1. The molecule has 1 aromatic carbocycles. The quantitative estimate of drug-likeness (QED) is 0.637. The van der Waals surface area contributed by atoms with Crippen molar-refractivity contribution in [1.82, 2.24) is 10.6 Å². The Morgan fingerprint density at radius 2 is 2.08 bits per heavy atom. The summed E-state index contributed by atoms with van der Waals surface area (Å²) in [6, 6.07) is 4.47. The predicted molar refractivity (Wildman–Crippen MR) is 88.0 cm³/mol. The van der Waals surface area contributed by atoms with Gasteiger partial charge in [0, 0.05) is 43.7 Å². The molecule has 8 nitrogen and oxygen atoms in total. The van der Waals surface area contributed by atoms with E-state index >= 15 is 0 Å². The Kier molecular flexibility index (Phi) is 4.64. The molecule has 0 aliphatic carbocycles. The molecule has 128 valence electrons. The molecular formula is C16H20N4O4. The van der Waals surface area contributed by atoms with Gasteiger partial charge >= 0.3 is 0 Å². The van der Waals surface area contributed by atoms with Crippen molar-refractivity contribution in [3.8, 4) is 0 Å². The highest BCUT2D eigenvalue weighted by Crippen LogP contribution is 2.31. The SMILES string of the molecule is O=C1CCC(NC(=O)c2ccc(N3CCCC3)c([N+](=O)[O-])c2)CN1. The third-order valence-corrected chi connectivity index (χ3v) is 4.48. The van der Waals surface area contributed by atoms with Gasteiger partial charge in [0.05, 0.1) is 4.92 Å². The number of hydrogen-bond donors (Lipinski definition) is 2. The third kappa shape index (κ3) is 3.47. The first kappa shape index (κ1) is 16.2.